The Morgan fingerprint density at radius 2 is 2.25 bits per heavy atom. The molecule has 1 fully saturated rings. The van der Waals surface area contributed by atoms with Gasteiger partial charge >= 0.3 is 0 Å². The summed E-state index contributed by atoms with van der Waals surface area (Å²) in [5, 5.41) is 14.9. The van der Waals surface area contributed by atoms with E-state index in [0.717, 1.165) is 25.7 Å². The molecule has 7 nitrogen and oxygen atoms in total. The van der Waals surface area contributed by atoms with Crippen molar-refractivity contribution in [2.24, 2.45) is 23.9 Å². The molecule has 1 amide bonds. The summed E-state index contributed by atoms with van der Waals surface area (Å²) >= 11 is 0. The Balaban J connectivity index is 2.11. The largest absolute Gasteiger partial charge is 0.409 e. The van der Waals surface area contributed by atoms with Gasteiger partial charge in [-0.3, -0.25) is 4.79 Å². The normalized spacial score (nSPS) is 18.8. The molecule has 1 aromatic rings. The van der Waals surface area contributed by atoms with E-state index in [-0.39, 0.29) is 17.7 Å². The first kappa shape index (κ1) is 14.4. The Hall–Kier alpha value is -2.05. The van der Waals surface area contributed by atoms with Crippen LogP contribution in [0.4, 0.5) is 0 Å². The lowest BCUT2D eigenvalue weighted by Crippen LogP contribution is -2.50. The van der Waals surface area contributed by atoms with Crippen LogP contribution in [0.1, 0.15) is 42.6 Å². The number of oxime groups is 1. The zero-order chi connectivity index (χ0) is 14.5. The third kappa shape index (κ3) is 3.09. The van der Waals surface area contributed by atoms with Gasteiger partial charge in [0.05, 0.1) is 18.6 Å². The third-order valence-corrected chi connectivity index (χ3v) is 3.89. The fourth-order valence-corrected chi connectivity index (χ4v) is 2.75. The Morgan fingerprint density at radius 3 is 2.80 bits per heavy atom. The highest BCUT2D eigenvalue weighted by molar-refractivity contribution is 5.97. The van der Waals surface area contributed by atoms with E-state index in [2.05, 4.69) is 15.5 Å². The minimum atomic E-state index is -0.428. The fraction of sp³-hybridized carbons (Fsp3) is 0.615. The summed E-state index contributed by atoms with van der Waals surface area (Å²) < 4.78 is 1.64. The Morgan fingerprint density at radius 1 is 1.55 bits per heavy atom. The molecule has 0 bridgehead atoms. The van der Waals surface area contributed by atoms with Gasteiger partial charge in [-0.25, -0.2) is 4.98 Å². The summed E-state index contributed by atoms with van der Waals surface area (Å²) in [7, 11) is 1.75. The molecule has 2 rings (SSSR count). The van der Waals surface area contributed by atoms with Gasteiger partial charge in [0.2, 0.25) is 0 Å². The van der Waals surface area contributed by atoms with Gasteiger partial charge in [-0.05, 0) is 18.8 Å². The first-order chi connectivity index (χ1) is 9.63. The summed E-state index contributed by atoms with van der Waals surface area (Å²) in [6.07, 6.45) is 8.45. The van der Waals surface area contributed by atoms with Gasteiger partial charge < -0.3 is 20.8 Å². The van der Waals surface area contributed by atoms with E-state index in [4.69, 9.17) is 10.9 Å². The number of amidine groups is 1. The monoisotopic (exact) mass is 279 g/mol. The van der Waals surface area contributed by atoms with Crippen LogP contribution in [-0.2, 0) is 7.05 Å². The summed E-state index contributed by atoms with van der Waals surface area (Å²) in [5.74, 6) is 0.0245. The second-order valence-corrected chi connectivity index (χ2v) is 5.26. The molecule has 0 saturated heterocycles. The van der Waals surface area contributed by atoms with Crippen molar-refractivity contribution in [3.8, 4) is 0 Å². The van der Waals surface area contributed by atoms with Gasteiger partial charge in [-0.2, -0.15) is 0 Å². The van der Waals surface area contributed by atoms with Crippen LogP contribution in [-0.4, -0.2) is 32.5 Å². The molecule has 0 aromatic carbocycles. The van der Waals surface area contributed by atoms with Crippen molar-refractivity contribution in [2.45, 2.75) is 38.1 Å². The molecule has 1 atom stereocenters. The van der Waals surface area contributed by atoms with Gasteiger partial charge in [0.25, 0.3) is 5.91 Å². The van der Waals surface area contributed by atoms with E-state index < -0.39 is 6.04 Å². The van der Waals surface area contributed by atoms with Gasteiger partial charge in [-0.15, -0.1) is 0 Å². The van der Waals surface area contributed by atoms with E-state index in [1.807, 2.05) is 0 Å². The Kier molecular flexibility index (Phi) is 4.60. The lowest BCUT2D eigenvalue weighted by Gasteiger charge is -2.29. The number of nitrogens with one attached hydrogen (secondary N) is 1. The molecule has 1 aliphatic rings. The number of imidazole rings is 1. The highest BCUT2D eigenvalue weighted by Gasteiger charge is 2.29. The lowest BCUT2D eigenvalue weighted by atomic mass is 9.83. The molecule has 110 valence electrons. The van der Waals surface area contributed by atoms with Crippen molar-refractivity contribution >= 4 is 11.7 Å². The molecule has 1 unspecified atom stereocenters. The van der Waals surface area contributed by atoms with Crippen LogP contribution >= 0.6 is 0 Å². The first-order valence-corrected chi connectivity index (χ1v) is 6.88. The minimum absolute atomic E-state index is 0.0624. The summed E-state index contributed by atoms with van der Waals surface area (Å²) in [4.78, 5) is 16.2. The minimum Gasteiger partial charge on any atom is -0.409 e. The maximum Gasteiger partial charge on any atom is 0.270 e. The van der Waals surface area contributed by atoms with Crippen molar-refractivity contribution < 1.29 is 10.0 Å². The summed E-state index contributed by atoms with van der Waals surface area (Å²) in [6, 6.07) is -0.428. The van der Waals surface area contributed by atoms with Gasteiger partial charge in [0.1, 0.15) is 5.69 Å². The van der Waals surface area contributed by atoms with Crippen LogP contribution in [0.15, 0.2) is 17.7 Å². The topological polar surface area (TPSA) is 106 Å². The number of hydrogen-bond donors (Lipinski definition) is 3. The molecule has 0 spiro atoms. The van der Waals surface area contributed by atoms with E-state index in [9.17, 15) is 4.79 Å². The molecule has 0 aliphatic heterocycles. The lowest BCUT2D eigenvalue weighted by molar-refractivity contribution is 0.0922. The van der Waals surface area contributed by atoms with Crippen LogP contribution in [0.5, 0.6) is 0 Å². The molecule has 20 heavy (non-hydrogen) atoms. The third-order valence-electron chi connectivity index (χ3n) is 3.89. The predicted molar refractivity (Wildman–Crippen MR) is 74.4 cm³/mol. The van der Waals surface area contributed by atoms with E-state index >= 15 is 0 Å². The van der Waals surface area contributed by atoms with Crippen molar-refractivity contribution in [3.05, 3.63) is 18.2 Å². The molecule has 4 N–H and O–H groups in total. The standard InChI is InChI=1S/C13H21N5O2/c1-18-8-15-7-10(18)13(19)16-11(12(14)17-20)9-5-3-2-4-6-9/h7-9,11,20H,2-6H2,1H3,(H2,14,17)(H,16,19). The second kappa shape index (κ2) is 6.40. The van der Waals surface area contributed by atoms with Crippen LogP contribution in [0.25, 0.3) is 0 Å². The van der Waals surface area contributed by atoms with Crippen molar-refractivity contribution in [2.75, 3.05) is 0 Å². The number of rotatable bonds is 4. The number of carbonyl (C=O) groups excluding carboxylic acids is 1. The zero-order valence-corrected chi connectivity index (χ0v) is 11.6. The highest BCUT2D eigenvalue weighted by Crippen LogP contribution is 2.26. The molecule has 7 heteroatoms. The van der Waals surface area contributed by atoms with Gasteiger partial charge in [0, 0.05) is 7.05 Å². The van der Waals surface area contributed by atoms with Crippen molar-refractivity contribution in [3.63, 3.8) is 0 Å². The number of aromatic nitrogens is 2. The number of amides is 1. The first-order valence-electron chi connectivity index (χ1n) is 6.88. The van der Waals surface area contributed by atoms with Gasteiger partial charge in [-0.1, -0.05) is 24.4 Å². The Bertz CT molecular complexity index is 491. The Labute approximate surface area is 117 Å². The summed E-state index contributed by atoms with van der Waals surface area (Å²) in [6.45, 7) is 0. The summed E-state index contributed by atoms with van der Waals surface area (Å²) in [5.41, 5.74) is 6.21. The highest BCUT2D eigenvalue weighted by atomic mass is 16.4. The van der Waals surface area contributed by atoms with E-state index in [1.165, 1.54) is 12.6 Å². The number of carbonyl (C=O) groups is 1. The molecule has 1 heterocycles. The van der Waals surface area contributed by atoms with Crippen molar-refractivity contribution in [1.29, 1.82) is 0 Å². The van der Waals surface area contributed by atoms with Crippen LogP contribution in [0, 0.1) is 5.92 Å². The second-order valence-electron chi connectivity index (χ2n) is 5.26. The maximum atomic E-state index is 12.2. The molecular weight excluding hydrogens is 258 g/mol. The maximum absolute atomic E-state index is 12.2. The molecule has 1 saturated carbocycles. The van der Waals surface area contributed by atoms with E-state index in [1.54, 1.807) is 17.9 Å². The number of nitrogens with zero attached hydrogens (tertiary/aromatic N) is 3. The average Bonchev–Trinajstić information content (AvgIpc) is 2.91. The number of nitrogens with two attached hydrogens (primary N) is 1. The molecular formula is C13H21N5O2. The molecule has 1 aromatic heterocycles. The SMILES string of the molecule is Cn1cncc1C(=O)NC(/C(N)=N/O)C1CCCCC1. The zero-order valence-electron chi connectivity index (χ0n) is 11.6. The molecule has 0 radical (unpaired) electrons. The van der Waals surface area contributed by atoms with Crippen molar-refractivity contribution in [1.82, 2.24) is 14.9 Å². The van der Waals surface area contributed by atoms with Crippen LogP contribution in [0.2, 0.25) is 0 Å². The smallest absolute Gasteiger partial charge is 0.270 e. The van der Waals surface area contributed by atoms with Gasteiger partial charge in [0.15, 0.2) is 5.84 Å². The van der Waals surface area contributed by atoms with E-state index in [0.29, 0.717) is 5.69 Å². The fourth-order valence-electron chi connectivity index (χ4n) is 2.75. The average molecular weight is 279 g/mol. The van der Waals surface area contributed by atoms with Crippen LogP contribution < -0.4 is 11.1 Å². The number of hydrogen-bond acceptors (Lipinski definition) is 4. The number of aryl methyl sites for hydroxylation is 1. The predicted octanol–water partition coefficient (Wildman–Crippen LogP) is 0.845. The molecule has 1 aliphatic carbocycles. The quantitative estimate of drug-likeness (QED) is 0.329. The van der Waals surface area contributed by atoms with Crippen LogP contribution in [0.3, 0.4) is 0 Å².